The Hall–Kier alpha value is -2.03. The Morgan fingerprint density at radius 3 is 2.46 bits per heavy atom. The minimum atomic E-state index is -4.39. The van der Waals surface area contributed by atoms with Crippen LogP contribution in [0.2, 0.25) is 0 Å². The summed E-state index contributed by atoms with van der Waals surface area (Å²) in [6.07, 6.45) is -2.29. The first kappa shape index (κ1) is 20.3. The molecule has 0 aliphatic carbocycles. The van der Waals surface area contributed by atoms with E-state index in [0.29, 0.717) is 5.56 Å². The number of nitrogens with one attached hydrogen (secondary N) is 1. The lowest BCUT2D eigenvalue weighted by Gasteiger charge is -2.26. The number of amides is 2. The third-order valence-corrected chi connectivity index (χ3v) is 4.83. The van der Waals surface area contributed by atoms with Crippen LogP contribution in [0, 0.1) is 5.92 Å². The summed E-state index contributed by atoms with van der Waals surface area (Å²) in [4.78, 5) is 13.7. The first-order valence-electron chi connectivity index (χ1n) is 8.04. The van der Waals surface area contributed by atoms with E-state index in [2.05, 4.69) is 5.32 Å². The minimum absolute atomic E-state index is 0.200. The van der Waals surface area contributed by atoms with Crippen LogP contribution >= 0.6 is 0 Å². The van der Waals surface area contributed by atoms with E-state index in [1.165, 1.54) is 6.08 Å². The van der Waals surface area contributed by atoms with Crippen LogP contribution in [0.15, 0.2) is 41.8 Å². The maximum Gasteiger partial charge on any atom is 0.393 e. The molecular formula is C17H21F3N2O3S. The fourth-order valence-corrected chi connectivity index (χ4v) is 3.40. The van der Waals surface area contributed by atoms with Gasteiger partial charge in [-0.3, -0.25) is 0 Å². The molecule has 1 heterocycles. The molecule has 3 atom stereocenters. The van der Waals surface area contributed by atoms with E-state index >= 15 is 0 Å². The van der Waals surface area contributed by atoms with Gasteiger partial charge < -0.3 is 10.2 Å². The number of halogens is 3. The van der Waals surface area contributed by atoms with Gasteiger partial charge in [0.2, 0.25) is 0 Å². The molecule has 2 amide bonds. The molecule has 1 aromatic rings. The molecule has 9 heteroatoms. The Kier molecular flexibility index (Phi) is 6.00. The van der Waals surface area contributed by atoms with Gasteiger partial charge in [0.15, 0.2) is 9.84 Å². The molecular weight excluding hydrogens is 369 g/mol. The molecule has 0 saturated carbocycles. The van der Waals surface area contributed by atoms with Crippen molar-refractivity contribution in [2.24, 2.45) is 5.92 Å². The first-order valence-corrected chi connectivity index (χ1v) is 10.00. The highest BCUT2D eigenvalue weighted by Crippen LogP contribution is 2.42. The second-order valence-corrected chi connectivity index (χ2v) is 8.38. The number of sulfone groups is 1. The van der Waals surface area contributed by atoms with Crippen LogP contribution in [-0.4, -0.2) is 44.4 Å². The number of urea groups is 1. The average Bonchev–Trinajstić information content (AvgIpc) is 2.99. The zero-order valence-electron chi connectivity index (χ0n) is 14.4. The summed E-state index contributed by atoms with van der Waals surface area (Å²) < 4.78 is 61.8. The summed E-state index contributed by atoms with van der Waals surface area (Å²) in [5, 5.41) is 3.49. The predicted molar refractivity (Wildman–Crippen MR) is 92.0 cm³/mol. The van der Waals surface area contributed by atoms with Crippen molar-refractivity contribution in [1.82, 2.24) is 10.2 Å². The molecule has 1 N–H and O–H groups in total. The first-order chi connectivity index (χ1) is 12.0. The van der Waals surface area contributed by atoms with Crippen molar-refractivity contribution >= 4 is 15.9 Å². The normalized spacial score (nSPS) is 22.6. The number of benzene rings is 1. The fourth-order valence-electron chi connectivity index (χ4n) is 2.88. The number of hydrogen-bond acceptors (Lipinski definition) is 3. The second kappa shape index (κ2) is 7.69. The number of likely N-dealkylation sites (tertiary alicyclic amines) is 1. The summed E-state index contributed by atoms with van der Waals surface area (Å²) in [6, 6.07) is 6.58. The van der Waals surface area contributed by atoms with E-state index in [1.807, 2.05) is 0 Å². The highest BCUT2D eigenvalue weighted by atomic mass is 32.2. The third kappa shape index (κ3) is 5.48. The highest BCUT2D eigenvalue weighted by molar-refractivity contribution is 7.93. The van der Waals surface area contributed by atoms with Gasteiger partial charge in [-0.25, -0.2) is 13.2 Å². The van der Waals surface area contributed by atoms with Gasteiger partial charge in [0.05, 0.1) is 12.0 Å². The lowest BCUT2D eigenvalue weighted by molar-refractivity contribution is -0.170. The second-order valence-electron chi connectivity index (χ2n) is 6.45. The van der Waals surface area contributed by atoms with Gasteiger partial charge in [0.25, 0.3) is 0 Å². The van der Waals surface area contributed by atoms with E-state index in [1.54, 1.807) is 37.3 Å². The molecule has 0 aromatic heterocycles. The summed E-state index contributed by atoms with van der Waals surface area (Å²) in [7, 11) is -3.35. The van der Waals surface area contributed by atoms with E-state index in [9.17, 15) is 26.4 Å². The zero-order valence-corrected chi connectivity index (χ0v) is 15.2. The van der Waals surface area contributed by atoms with Gasteiger partial charge in [0, 0.05) is 24.3 Å². The van der Waals surface area contributed by atoms with Crippen molar-refractivity contribution in [2.75, 3.05) is 12.8 Å². The Morgan fingerprint density at radius 1 is 1.31 bits per heavy atom. The topological polar surface area (TPSA) is 66.5 Å². The number of alkyl halides is 3. The van der Waals surface area contributed by atoms with Crippen LogP contribution < -0.4 is 5.32 Å². The molecule has 5 nitrogen and oxygen atoms in total. The summed E-state index contributed by atoms with van der Waals surface area (Å²) in [5.74, 6) is -1.60. The highest BCUT2D eigenvalue weighted by Gasteiger charge is 2.49. The quantitative estimate of drug-likeness (QED) is 0.858. The van der Waals surface area contributed by atoms with Crippen LogP contribution in [-0.2, 0) is 9.84 Å². The van der Waals surface area contributed by atoms with Crippen molar-refractivity contribution in [3.05, 3.63) is 47.4 Å². The maximum atomic E-state index is 13.2. The van der Waals surface area contributed by atoms with Crippen LogP contribution in [0.4, 0.5) is 18.0 Å². The lowest BCUT2D eigenvalue weighted by atomic mass is 9.99. The van der Waals surface area contributed by atoms with Gasteiger partial charge in [-0.2, -0.15) is 13.2 Å². The monoisotopic (exact) mass is 390 g/mol. The number of carbonyl (C=O) groups excluding carboxylic acids is 1. The van der Waals surface area contributed by atoms with Crippen LogP contribution in [0.3, 0.4) is 0 Å². The zero-order chi connectivity index (χ0) is 19.5. The molecule has 144 valence electrons. The van der Waals surface area contributed by atoms with Crippen LogP contribution in [0.5, 0.6) is 0 Å². The molecule has 1 fully saturated rings. The summed E-state index contributed by atoms with van der Waals surface area (Å²) >= 11 is 0. The summed E-state index contributed by atoms with van der Waals surface area (Å²) in [6.45, 7) is 1.12. The van der Waals surface area contributed by atoms with E-state index in [4.69, 9.17) is 0 Å². The molecule has 1 saturated heterocycles. The standard InChI is InChI=1S/C17H21F3N2O3S/c1-12(8-9-26(2,24)25)21-16(23)22-11-14(17(18,19)20)10-15(22)13-6-4-3-5-7-13/h3-9,12,14-15H,10-11H2,1-2H3,(H,21,23)/b9-8+/t12-,14-,15-/m0/s1. The van der Waals surface area contributed by atoms with Crippen molar-refractivity contribution in [1.29, 1.82) is 0 Å². The molecule has 0 unspecified atom stereocenters. The van der Waals surface area contributed by atoms with E-state index in [0.717, 1.165) is 16.6 Å². The van der Waals surface area contributed by atoms with Gasteiger partial charge >= 0.3 is 12.2 Å². The largest absolute Gasteiger partial charge is 0.393 e. The molecule has 1 aliphatic rings. The number of nitrogens with zero attached hydrogens (tertiary/aromatic N) is 1. The maximum absolute atomic E-state index is 13.2. The molecule has 2 rings (SSSR count). The molecule has 0 spiro atoms. The van der Waals surface area contributed by atoms with Crippen molar-refractivity contribution in [2.45, 2.75) is 31.6 Å². The van der Waals surface area contributed by atoms with Crippen LogP contribution in [0.1, 0.15) is 24.9 Å². The smallest absolute Gasteiger partial charge is 0.332 e. The minimum Gasteiger partial charge on any atom is -0.332 e. The molecule has 1 aromatic carbocycles. The Labute approximate surface area is 150 Å². The van der Waals surface area contributed by atoms with Gasteiger partial charge in [0.1, 0.15) is 0 Å². The Bertz CT molecular complexity index is 763. The van der Waals surface area contributed by atoms with Gasteiger partial charge in [-0.1, -0.05) is 36.4 Å². The van der Waals surface area contributed by atoms with Gasteiger partial charge in [-0.05, 0) is 18.9 Å². The number of rotatable bonds is 4. The third-order valence-electron chi connectivity index (χ3n) is 4.17. The van der Waals surface area contributed by atoms with Crippen molar-refractivity contribution in [3.8, 4) is 0 Å². The summed E-state index contributed by atoms with van der Waals surface area (Å²) in [5.41, 5.74) is 0.633. The van der Waals surface area contributed by atoms with Gasteiger partial charge in [-0.15, -0.1) is 0 Å². The molecule has 26 heavy (non-hydrogen) atoms. The van der Waals surface area contributed by atoms with E-state index in [-0.39, 0.29) is 6.42 Å². The van der Waals surface area contributed by atoms with Crippen LogP contribution in [0.25, 0.3) is 0 Å². The fraction of sp³-hybridized carbons (Fsp3) is 0.471. The number of hydrogen-bond donors (Lipinski definition) is 1. The lowest BCUT2D eigenvalue weighted by Crippen LogP contribution is -2.43. The van der Waals surface area contributed by atoms with Crippen molar-refractivity contribution < 1.29 is 26.4 Å². The number of carbonyl (C=O) groups is 1. The van der Waals surface area contributed by atoms with Crippen molar-refractivity contribution in [3.63, 3.8) is 0 Å². The molecule has 1 aliphatic heterocycles. The molecule has 0 radical (unpaired) electrons. The molecule has 0 bridgehead atoms. The Balaban J connectivity index is 2.17. The van der Waals surface area contributed by atoms with E-state index < -0.39 is 46.6 Å². The SMILES string of the molecule is C[C@@H](/C=C/S(C)(=O)=O)NC(=O)N1C[C@@H](C(F)(F)F)C[C@H]1c1ccccc1. The Morgan fingerprint density at radius 2 is 1.92 bits per heavy atom. The predicted octanol–water partition coefficient (Wildman–Crippen LogP) is 3.27. The average molecular weight is 390 g/mol.